The van der Waals surface area contributed by atoms with Crippen molar-refractivity contribution in [1.82, 2.24) is 0 Å². The molecule has 0 amide bonds. The fraction of sp³-hybridized carbons (Fsp3) is 0.278. The van der Waals surface area contributed by atoms with Crippen molar-refractivity contribution < 1.29 is 9.53 Å². The monoisotopic (exact) mass is 714 g/mol. The zero-order valence-corrected chi connectivity index (χ0v) is 31.2. The van der Waals surface area contributed by atoms with E-state index in [-0.39, 0.29) is 16.8 Å². The van der Waals surface area contributed by atoms with Crippen LogP contribution in [0.2, 0.25) is 0 Å². The molecule has 0 heterocycles. The molecule has 0 bridgehead atoms. The van der Waals surface area contributed by atoms with Crippen LogP contribution in [0.5, 0.6) is 0 Å². The predicted octanol–water partition coefficient (Wildman–Crippen LogP) is 10.9. The largest absolute Gasteiger partial charge is 0.466 e. The van der Waals surface area contributed by atoms with Crippen molar-refractivity contribution in [1.29, 1.82) is 0 Å². The first-order valence-electron chi connectivity index (χ1n) is 21.7. The smallest absolute Gasteiger partial charge is 0.305 e. The van der Waals surface area contributed by atoms with E-state index in [1.165, 1.54) is 17.2 Å². The molecule has 11 aromatic carbocycles. The van der Waals surface area contributed by atoms with E-state index in [0.717, 1.165) is 44.9 Å². The molecule has 4 atom stereocenters. The number of fused-ring (bicyclic) bond motifs is 1. The van der Waals surface area contributed by atoms with Gasteiger partial charge in [0, 0.05) is 29.1 Å². The summed E-state index contributed by atoms with van der Waals surface area (Å²) in [6, 6.07) is 19.8. The predicted molar refractivity (Wildman–Crippen MR) is 228 cm³/mol. The maximum absolute atomic E-state index is 13.2. The second-order valence-electron chi connectivity index (χ2n) is 19.6. The maximum atomic E-state index is 13.2. The van der Waals surface area contributed by atoms with Crippen LogP contribution in [0.4, 0.5) is 0 Å². The van der Waals surface area contributed by atoms with Crippen molar-refractivity contribution in [3.8, 4) is 0 Å². The Kier molecular flexibility index (Phi) is 3.77. The van der Waals surface area contributed by atoms with Gasteiger partial charge in [0.25, 0.3) is 0 Å². The van der Waals surface area contributed by atoms with Gasteiger partial charge in [-0.15, -0.1) is 0 Å². The van der Waals surface area contributed by atoms with Crippen LogP contribution in [0, 0.1) is 0 Å². The summed E-state index contributed by atoms with van der Waals surface area (Å²) in [6.45, 7) is 2.70. The molecule has 7 aliphatic carbocycles. The van der Waals surface area contributed by atoms with Crippen LogP contribution in [0.3, 0.4) is 0 Å². The first kappa shape index (κ1) is 27.2. The van der Waals surface area contributed by atoms with Gasteiger partial charge in [0.1, 0.15) is 0 Å². The number of carbonyl (C=O) groups excluding carboxylic acids is 1. The normalized spacial score (nSPS) is 25.3. The molecule has 2 heteroatoms. The zero-order valence-electron chi connectivity index (χ0n) is 31.2. The standard InChI is InChI=1S/C54H34O2/c1-2-3-12-56-30(55)10-7-11-53(28-8-5-4-6-9-28)52-29-19-26-17-23-15-24-14-21-13-22-16-25-18-27-20-54(52,53)51-37(27)42-36(25)41-32(22)31(21)39-35(24)40-33(23)34(26)43-38(29)50(51)49-47(42)45(41)44(39)46(40)48(43)49/h4-6,8-9,15-16,18-19,27,52H,2-3,7,10-14,17,20H2,1H3. The quantitative estimate of drug-likeness (QED) is 0.0890. The van der Waals surface area contributed by atoms with Crippen LogP contribution < -0.4 is 10.4 Å². The number of benzene rings is 8. The lowest BCUT2D eigenvalue weighted by Crippen LogP contribution is -2.21. The Morgan fingerprint density at radius 2 is 1.36 bits per heavy atom. The summed E-state index contributed by atoms with van der Waals surface area (Å²) in [7, 11) is 0. The van der Waals surface area contributed by atoms with Crippen molar-refractivity contribution in [2.24, 2.45) is 0 Å². The van der Waals surface area contributed by atoms with Crippen molar-refractivity contribution in [3.63, 3.8) is 0 Å². The van der Waals surface area contributed by atoms with E-state index >= 15 is 0 Å². The minimum atomic E-state index is -0.0678. The fourth-order valence-corrected chi connectivity index (χ4v) is 16.8. The lowest BCUT2D eigenvalue weighted by molar-refractivity contribution is -0.143. The van der Waals surface area contributed by atoms with Gasteiger partial charge in [-0.1, -0.05) is 73.5 Å². The lowest BCUT2D eigenvalue weighted by atomic mass is 9.77. The highest BCUT2D eigenvalue weighted by molar-refractivity contribution is 6.61. The van der Waals surface area contributed by atoms with Crippen LogP contribution in [0.15, 0.2) is 48.5 Å². The molecule has 0 radical (unpaired) electrons. The number of ether oxygens (including phenoxy) is 1. The van der Waals surface area contributed by atoms with Gasteiger partial charge in [0.2, 0.25) is 0 Å². The summed E-state index contributed by atoms with van der Waals surface area (Å²) in [6.07, 6.45) is 11.6. The second-order valence-corrected chi connectivity index (χ2v) is 19.6. The van der Waals surface area contributed by atoms with Crippen LogP contribution >= 0.6 is 0 Å². The van der Waals surface area contributed by atoms with Crippen LogP contribution in [-0.2, 0) is 39.6 Å². The number of hydrogen-bond donors (Lipinski definition) is 0. The molecule has 18 rings (SSSR count). The molecule has 1 fully saturated rings. The van der Waals surface area contributed by atoms with Gasteiger partial charge in [0.05, 0.1) is 6.61 Å². The summed E-state index contributed by atoms with van der Waals surface area (Å²) in [5.74, 6) is 0.789. The summed E-state index contributed by atoms with van der Waals surface area (Å²) in [5.41, 5.74) is 14.5. The Balaban J connectivity index is 1.07. The van der Waals surface area contributed by atoms with E-state index in [0.29, 0.717) is 24.9 Å². The Bertz CT molecular complexity index is 3940. The van der Waals surface area contributed by atoms with Gasteiger partial charge < -0.3 is 4.74 Å². The highest BCUT2D eigenvalue weighted by atomic mass is 16.5. The van der Waals surface area contributed by atoms with E-state index in [4.69, 9.17) is 4.74 Å². The average molecular weight is 715 g/mol. The fourth-order valence-electron chi connectivity index (χ4n) is 16.8. The average Bonchev–Trinajstić information content (AvgIpc) is 3.89. The third kappa shape index (κ3) is 2.21. The SMILES string of the molecule is CCCCOC(=O)CCCC1(c2ccccc2)C2c3cc4c5c6c(cc7c8c9c%10c%11c(cc%12c%13c%14c%15c(c%16c3c5c3c%16c%14c(c%11%13)c9c3c68)C21CC%15C=%12)CC=%10C7)C4. The summed E-state index contributed by atoms with van der Waals surface area (Å²) in [5, 5.41) is 32.3. The van der Waals surface area contributed by atoms with Crippen LogP contribution in [0.25, 0.3) is 109 Å². The third-order valence-corrected chi connectivity index (χ3v) is 18.0. The Morgan fingerprint density at radius 1 is 0.679 bits per heavy atom. The van der Waals surface area contributed by atoms with Gasteiger partial charge in [-0.2, -0.15) is 0 Å². The summed E-state index contributed by atoms with van der Waals surface area (Å²) in [4.78, 5) is 13.2. The summed E-state index contributed by atoms with van der Waals surface area (Å²) < 4.78 is 5.77. The van der Waals surface area contributed by atoms with Crippen LogP contribution in [0.1, 0.15) is 102 Å². The molecule has 1 saturated carbocycles. The molecule has 1 spiro atoms. The number of esters is 1. The third-order valence-electron chi connectivity index (χ3n) is 18.0. The number of rotatable bonds is 8. The minimum Gasteiger partial charge on any atom is -0.466 e. The molecule has 56 heavy (non-hydrogen) atoms. The van der Waals surface area contributed by atoms with E-state index in [1.807, 2.05) is 0 Å². The van der Waals surface area contributed by atoms with Gasteiger partial charge in [-0.05, 0) is 197 Å². The number of unbranched alkanes of at least 4 members (excludes halogenated alkanes) is 1. The van der Waals surface area contributed by atoms with Gasteiger partial charge in [-0.3, -0.25) is 4.79 Å². The molecule has 262 valence electrons. The van der Waals surface area contributed by atoms with Gasteiger partial charge >= 0.3 is 5.97 Å². The first-order valence-corrected chi connectivity index (χ1v) is 21.7. The molecule has 0 N–H and O–H groups in total. The van der Waals surface area contributed by atoms with E-state index < -0.39 is 0 Å². The lowest BCUT2D eigenvalue weighted by Gasteiger charge is -2.25. The molecular formula is C54H34O2. The van der Waals surface area contributed by atoms with Crippen molar-refractivity contribution >= 4 is 115 Å². The molecule has 11 aromatic rings. The van der Waals surface area contributed by atoms with Crippen molar-refractivity contribution in [2.75, 3.05) is 6.61 Å². The Morgan fingerprint density at radius 3 is 2.20 bits per heavy atom. The highest BCUT2D eigenvalue weighted by Crippen LogP contribution is 2.86. The van der Waals surface area contributed by atoms with Crippen molar-refractivity contribution in [3.05, 3.63) is 103 Å². The number of carbonyl (C=O) groups is 1. The maximum Gasteiger partial charge on any atom is 0.305 e. The molecular weight excluding hydrogens is 681 g/mol. The highest BCUT2D eigenvalue weighted by Gasteiger charge is 2.81. The second kappa shape index (κ2) is 7.77. The van der Waals surface area contributed by atoms with Gasteiger partial charge in [0.15, 0.2) is 0 Å². The minimum absolute atomic E-state index is 0.00463. The number of hydrogen-bond acceptors (Lipinski definition) is 2. The molecule has 4 unspecified atom stereocenters. The molecule has 0 aliphatic heterocycles. The van der Waals surface area contributed by atoms with Gasteiger partial charge in [-0.25, -0.2) is 0 Å². The van der Waals surface area contributed by atoms with Crippen molar-refractivity contribution in [2.45, 2.75) is 87.4 Å². The summed E-state index contributed by atoms with van der Waals surface area (Å²) >= 11 is 0. The Labute approximate surface area is 320 Å². The first-order chi connectivity index (χ1) is 27.7. The van der Waals surface area contributed by atoms with Crippen LogP contribution in [-0.4, -0.2) is 12.6 Å². The zero-order chi connectivity index (χ0) is 35.6. The van der Waals surface area contributed by atoms with E-state index in [2.05, 4.69) is 61.5 Å². The van der Waals surface area contributed by atoms with E-state index in [9.17, 15) is 4.79 Å². The molecule has 0 saturated heterocycles. The topological polar surface area (TPSA) is 26.3 Å². The molecule has 2 nitrogen and oxygen atoms in total. The molecule has 0 aromatic heterocycles. The Hall–Kier alpha value is -5.47. The van der Waals surface area contributed by atoms with E-state index in [1.54, 1.807) is 147 Å². The molecule has 7 aliphatic rings.